The smallest absolute Gasteiger partial charge is 0.349 e. The van der Waals surface area contributed by atoms with Crippen molar-refractivity contribution in [3.05, 3.63) is 85.1 Å². The zero-order valence-corrected chi connectivity index (χ0v) is 16.8. The van der Waals surface area contributed by atoms with E-state index in [0.29, 0.717) is 5.13 Å². The minimum atomic E-state index is -0.833. The van der Waals surface area contributed by atoms with E-state index in [-0.39, 0.29) is 22.2 Å². The number of hydrogen-bond donors (Lipinski definition) is 1. The van der Waals surface area contributed by atoms with Gasteiger partial charge in [0.15, 0.2) is 5.13 Å². The average Bonchev–Trinajstić information content (AvgIpc) is 3.07. The first-order valence-electron chi connectivity index (χ1n) is 8.90. The number of aryl methyl sites for hydroxylation is 2. The van der Waals surface area contributed by atoms with Crippen molar-refractivity contribution in [3.63, 3.8) is 0 Å². The van der Waals surface area contributed by atoms with E-state index in [1.807, 2.05) is 38.1 Å². The van der Waals surface area contributed by atoms with Crippen molar-refractivity contribution >= 4 is 39.0 Å². The molecule has 0 bridgehead atoms. The molecule has 2 aromatic carbocycles. The molecule has 1 N–H and O–H groups in total. The monoisotopic (exact) mass is 421 g/mol. The second kappa shape index (κ2) is 7.53. The number of hydrogen-bond acceptors (Lipinski definition) is 7. The van der Waals surface area contributed by atoms with Gasteiger partial charge in [-0.2, -0.15) is 0 Å². The molecule has 0 aliphatic rings. The Labute approximate surface area is 174 Å². The maximum absolute atomic E-state index is 12.7. The first-order valence-corrected chi connectivity index (χ1v) is 9.71. The van der Waals surface area contributed by atoms with Gasteiger partial charge in [-0.15, -0.1) is 11.3 Å². The Kier molecular flexibility index (Phi) is 4.88. The molecule has 0 aliphatic heterocycles. The fourth-order valence-corrected chi connectivity index (χ4v) is 3.81. The minimum Gasteiger partial charge on any atom is -0.422 e. The summed E-state index contributed by atoms with van der Waals surface area (Å²) in [6.45, 7) is 3.89. The Morgan fingerprint density at radius 3 is 2.57 bits per heavy atom. The predicted molar refractivity (Wildman–Crippen MR) is 114 cm³/mol. The Balaban J connectivity index is 1.65. The second-order valence-electron chi connectivity index (χ2n) is 6.67. The highest BCUT2D eigenvalue weighted by atomic mass is 32.1. The van der Waals surface area contributed by atoms with Crippen LogP contribution in [0.4, 0.5) is 10.8 Å². The van der Waals surface area contributed by atoms with Gasteiger partial charge in [0.05, 0.1) is 10.6 Å². The Morgan fingerprint density at radius 2 is 1.87 bits per heavy atom. The van der Waals surface area contributed by atoms with Gasteiger partial charge in [0.1, 0.15) is 11.1 Å². The summed E-state index contributed by atoms with van der Waals surface area (Å²) in [5.41, 5.74) is 1.70. The van der Waals surface area contributed by atoms with Crippen molar-refractivity contribution in [2.45, 2.75) is 13.8 Å². The maximum Gasteiger partial charge on any atom is 0.349 e. The van der Waals surface area contributed by atoms with E-state index in [4.69, 9.17) is 4.42 Å². The van der Waals surface area contributed by atoms with Crippen LogP contribution in [-0.2, 0) is 0 Å². The molecular weight excluding hydrogens is 406 g/mol. The van der Waals surface area contributed by atoms with Gasteiger partial charge in [-0.1, -0.05) is 29.8 Å². The topological polar surface area (TPSA) is 115 Å². The normalized spacial score (nSPS) is 10.9. The number of anilines is 1. The van der Waals surface area contributed by atoms with Crippen LogP contribution in [-0.4, -0.2) is 15.8 Å². The van der Waals surface area contributed by atoms with Crippen LogP contribution in [0.5, 0.6) is 0 Å². The predicted octanol–water partition coefficient (Wildman–Crippen LogP) is 4.69. The number of fused-ring (bicyclic) bond motifs is 1. The lowest BCUT2D eigenvalue weighted by Crippen LogP contribution is -2.20. The quantitative estimate of drug-likeness (QED) is 0.290. The van der Waals surface area contributed by atoms with Crippen molar-refractivity contribution in [2.75, 3.05) is 5.32 Å². The first-order chi connectivity index (χ1) is 14.3. The van der Waals surface area contributed by atoms with Crippen LogP contribution in [0.15, 0.2) is 57.7 Å². The van der Waals surface area contributed by atoms with E-state index >= 15 is 0 Å². The average molecular weight is 421 g/mol. The van der Waals surface area contributed by atoms with Crippen molar-refractivity contribution in [1.29, 1.82) is 0 Å². The Bertz CT molecular complexity index is 1360. The van der Waals surface area contributed by atoms with E-state index < -0.39 is 16.5 Å². The highest BCUT2D eigenvalue weighted by Gasteiger charge is 2.18. The van der Waals surface area contributed by atoms with Crippen molar-refractivity contribution in [1.82, 2.24) is 4.98 Å². The second-order valence-corrected chi connectivity index (χ2v) is 7.87. The number of non-ortho nitro benzene ring substituents is 1. The molecule has 2 aromatic heterocycles. The Hall–Kier alpha value is -3.85. The zero-order valence-electron chi connectivity index (χ0n) is 16.0. The molecule has 4 rings (SSSR count). The van der Waals surface area contributed by atoms with Gasteiger partial charge < -0.3 is 4.42 Å². The largest absolute Gasteiger partial charge is 0.422 e. The van der Waals surface area contributed by atoms with Gasteiger partial charge in [0, 0.05) is 28.0 Å². The van der Waals surface area contributed by atoms with E-state index in [1.165, 1.54) is 35.6 Å². The molecule has 0 aliphatic carbocycles. The van der Waals surface area contributed by atoms with Gasteiger partial charge in [0.25, 0.3) is 11.6 Å². The third-order valence-corrected chi connectivity index (χ3v) is 5.40. The van der Waals surface area contributed by atoms with Gasteiger partial charge in [0.2, 0.25) is 0 Å². The standard InChI is InChI=1S/C21H15N3O5S/c1-11-3-5-13(6-4-11)18-12(2)30-21(22-18)23-19(25)16-10-14-9-15(24(27)28)7-8-17(14)29-20(16)26/h3-10H,1-2H3,(H,22,23,25). The maximum atomic E-state index is 12.7. The molecule has 0 atom stereocenters. The highest BCUT2D eigenvalue weighted by Crippen LogP contribution is 2.31. The fraction of sp³-hybridized carbons (Fsp3) is 0.0952. The third-order valence-electron chi connectivity index (χ3n) is 4.51. The van der Waals surface area contributed by atoms with E-state index in [0.717, 1.165) is 21.7 Å². The molecule has 4 aromatic rings. The van der Waals surface area contributed by atoms with Crippen LogP contribution >= 0.6 is 11.3 Å². The minimum absolute atomic E-state index is 0.161. The number of nitrogens with zero attached hydrogens (tertiary/aromatic N) is 2. The summed E-state index contributed by atoms with van der Waals surface area (Å²) in [7, 11) is 0. The van der Waals surface area contributed by atoms with E-state index in [9.17, 15) is 19.7 Å². The fourth-order valence-electron chi connectivity index (χ4n) is 2.98. The van der Waals surface area contributed by atoms with Gasteiger partial charge in [-0.25, -0.2) is 9.78 Å². The molecular formula is C21H15N3O5S. The SMILES string of the molecule is Cc1ccc(-c2nc(NC(=O)c3cc4cc([N+](=O)[O-])ccc4oc3=O)sc2C)cc1. The summed E-state index contributed by atoms with van der Waals surface area (Å²) in [5.74, 6) is -0.693. The van der Waals surface area contributed by atoms with Crippen molar-refractivity contribution < 1.29 is 14.1 Å². The number of rotatable bonds is 4. The van der Waals surface area contributed by atoms with Crippen LogP contribution < -0.4 is 10.9 Å². The molecule has 0 fully saturated rings. The van der Waals surface area contributed by atoms with Gasteiger partial charge in [-0.3, -0.25) is 20.2 Å². The number of carbonyl (C=O) groups is 1. The molecule has 0 saturated carbocycles. The summed E-state index contributed by atoms with van der Waals surface area (Å²) >= 11 is 1.29. The summed E-state index contributed by atoms with van der Waals surface area (Å²) in [6.07, 6.45) is 0. The van der Waals surface area contributed by atoms with Crippen molar-refractivity contribution in [3.8, 4) is 11.3 Å². The van der Waals surface area contributed by atoms with E-state index in [2.05, 4.69) is 10.3 Å². The number of amides is 1. The first kappa shape index (κ1) is 19.5. The zero-order chi connectivity index (χ0) is 21.4. The van der Waals surface area contributed by atoms with Crippen LogP contribution in [0.3, 0.4) is 0 Å². The summed E-state index contributed by atoms with van der Waals surface area (Å²) in [4.78, 5) is 40.7. The highest BCUT2D eigenvalue weighted by molar-refractivity contribution is 7.16. The number of nitro groups is 1. The van der Waals surface area contributed by atoms with Gasteiger partial charge in [-0.05, 0) is 26.0 Å². The molecule has 9 heteroatoms. The molecule has 0 saturated heterocycles. The molecule has 1 amide bonds. The molecule has 0 spiro atoms. The summed E-state index contributed by atoms with van der Waals surface area (Å²) in [5, 5.41) is 14.2. The van der Waals surface area contributed by atoms with E-state index in [1.54, 1.807) is 0 Å². The lowest BCUT2D eigenvalue weighted by Gasteiger charge is -2.03. The lowest BCUT2D eigenvalue weighted by molar-refractivity contribution is -0.384. The number of aromatic nitrogens is 1. The number of benzene rings is 2. The summed E-state index contributed by atoms with van der Waals surface area (Å²) in [6, 6.07) is 13.0. The van der Waals surface area contributed by atoms with Crippen LogP contribution in [0.2, 0.25) is 0 Å². The van der Waals surface area contributed by atoms with Crippen LogP contribution in [0.1, 0.15) is 20.8 Å². The molecule has 30 heavy (non-hydrogen) atoms. The number of nitrogens with one attached hydrogen (secondary N) is 1. The van der Waals surface area contributed by atoms with Gasteiger partial charge >= 0.3 is 5.63 Å². The molecule has 8 nitrogen and oxygen atoms in total. The van der Waals surface area contributed by atoms with Crippen molar-refractivity contribution in [2.24, 2.45) is 0 Å². The third kappa shape index (κ3) is 3.70. The Morgan fingerprint density at radius 1 is 1.13 bits per heavy atom. The van der Waals surface area contributed by atoms with Crippen LogP contribution in [0, 0.1) is 24.0 Å². The number of thiazole rings is 1. The van der Waals surface area contributed by atoms with Crippen LogP contribution in [0.25, 0.3) is 22.2 Å². The molecule has 150 valence electrons. The lowest BCUT2D eigenvalue weighted by atomic mass is 10.1. The molecule has 2 heterocycles. The number of carbonyl (C=O) groups excluding carboxylic acids is 1. The molecule has 0 radical (unpaired) electrons. The summed E-state index contributed by atoms with van der Waals surface area (Å²) < 4.78 is 5.14. The molecule has 0 unspecified atom stereocenters. The number of nitro benzene ring substituents is 1.